The molecular weight excluding hydrogens is 194 g/mol. The highest BCUT2D eigenvalue weighted by atomic mass is 35.5. The molecule has 0 atom stereocenters. The molecule has 14 heavy (non-hydrogen) atoms. The summed E-state index contributed by atoms with van der Waals surface area (Å²) in [5.74, 6) is 0.766. The van der Waals surface area contributed by atoms with Crippen LogP contribution in [0.1, 0.15) is 18.4 Å². The van der Waals surface area contributed by atoms with Crippen LogP contribution in [-0.2, 0) is 0 Å². The molecule has 0 heterocycles. The molecule has 0 radical (unpaired) electrons. The molecule has 0 saturated carbocycles. The monoisotopic (exact) mass is 211 g/mol. The Kier molecular flexibility index (Phi) is 4.81. The van der Waals surface area contributed by atoms with Gasteiger partial charge in [0.05, 0.1) is 0 Å². The number of nitrogens with zero attached hydrogens (tertiary/aromatic N) is 1. The maximum absolute atomic E-state index is 5.64. The van der Waals surface area contributed by atoms with Crippen molar-refractivity contribution in [1.82, 2.24) is 0 Å². The molecule has 0 amide bonds. The molecule has 0 aliphatic rings. The van der Waals surface area contributed by atoms with E-state index in [1.165, 1.54) is 11.3 Å². The zero-order valence-corrected chi connectivity index (χ0v) is 9.72. The fourth-order valence-corrected chi connectivity index (χ4v) is 1.63. The molecule has 1 aromatic carbocycles. The van der Waals surface area contributed by atoms with Crippen molar-refractivity contribution in [2.45, 2.75) is 19.8 Å². The lowest BCUT2D eigenvalue weighted by molar-refractivity contribution is 0.770. The Balaban J connectivity index is 2.47. The molecule has 0 bridgehead atoms. The molecule has 0 aliphatic carbocycles. The molecule has 1 nitrogen and oxygen atoms in total. The van der Waals surface area contributed by atoms with E-state index in [1.807, 2.05) is 0 Å². The van der Waals surface area contributed by atoms with Gasteiger partial charge in [0, 0.05) is 25.2 Å². The summed E-state index contributed by atoms with van der Waals surface area (Å²) in [7, 11) is 2.13. The number of aryl methyl sites for hydroxylation is 1. The second kappa shape index (κ2) is 5.92. The van der Waals surface area contributed by atoms with Gasteiger partial charge in [-0.25, -0.2) is 0 Å². The Morgan fingerprint density at radius 3 is 2.71 bits per heavy atom. The van der Waals surface area contributed by atoms with Crippen LogP contribution in [0, 0.1) is 6.92 Å². The van der Waals surface area contributed by atoms with Crippen molar-refractivity contribution < 1.29 is 0 Å². The summed E-state index contributed by atoms with van der Waals surface area (Å²) >= 11 is 5.64. The normalized spacial score (nSPS) is 10.2. The molecule has 0 aliphatic heterocycles. The van der Waals surface area contributed by atoms with Crippen molar-refractivity contribution in [3.63, 3.8) is 0 Å². The van der Waals surface area contributed by atoms with E-state index >= 15 is 0 Å². The summed E-state index contributed by atoms with van der Waals surface area (Å²) < 4.78 is 0. The SMILES string of the molecule is Cc1cccc(N(C)CCCCCl)c1. The minimum atomic E-state index is 0.766. The number of alkyl halides is 1. The molecule has 1 aromatic rings. The molecule has 0 fully saturated rings. The van der Waals surface area contributed by atoms with Gasteiger partial charge in [-0.15, -0.1) is 11.6 Å². The highest BCUT2D eigenvalue weighted by molar-refractivity contribution is 6.17. The smallest absolute Gasteiger partial charge is 0.0366 e. The maximum Gasteiger partial charge on any atom is 0.0366 e. The van der Waals surface area contributed by atoms with Gasteiger partial charge in [-0.2, -0.15) is 0 Å². The number of unbranched alkanes of at least 4 members (excludes halogenated alkanes) is 1. The van der Waals surface area contributed by atoms with Crippen LogP contribution in [0.3, 0.4) is 0 Å². The van der Waals surface area contributed by atoms with E-state index in [1.54, 1.807) is 0 Å². The van der Waals surface area contributed by atoms with Crippen LogP contribution in [0.4, 0.5) is 5.69 Å². The third-order valence-electron chi connectivity index (χ3n) is 2.32. The zero-order valence-electron chi connectivity index (χ0n) is 8.96. The van der Waals surface area contributed by atoms with Crippen LogP contribution in [0.5, 0.6) is 0 Å². The molecule has 0 N–H and O–H groups in total. The number of benzene rings is 1. The summed E-state index contributed by atoms with van der Waals surface area (Å²) in [5, 5.41) is 0. The standard InChI is InChI=1S/C12H18ClN/c1-11-6-5-7-12(10-11)14(2)9-4-3-8-13/h5-7,10H,3-4,8-9H2,1-2H3. The van der Waals surface area contributed by atoms with Gasteiger partial charge in [-0.1, -0.05) is 12.1 Å². The second-order valence-corrected chi connectivity index (χ2v) is 4.03. The quantitative estimate of drug-likeness (QED) is 0.533. The molecule has 1 rings (SSSR count). The Hall–Kier alpha value is -0.690. The summed E-state index contributed by atoms with van der Waals surface area (Å²) in [5.41, 5.74) is 2.60. The third-order valence-corrected chi connectivity index (χ3v) is 2.59. The number of hydrogen-bond acceptors (Lipinski definition) is 1. The molecule has 0 aromatic heterocycles. The van der Waals surface area contributed by atoms with Crippen molar-refractivity contribution >= 4 is 17.3 Å². The summed E-state index contributed by atoms with van der Waals surface area (Å²) in [4.78, 5) is 2.28. The molecule has 0 spiro atoms. The Morgan fingerprint density at radius 1 is 1.29 bits per heavy atom. The minimum absolute atomic E-state index is 0.766. The van der Waals surface area contributed by atoms with E-state index in [2.05, 4.69) is 43.1 Å². The van der Waals surface area contributed by atoms with Crippen LogP contribution >= 0.6 is 11.6 Å². The van der Waals surface area contributed by atoms with Crippen LogP contribution in [0.15, 0.2) is 24.3 Å². The largest absolute Gasteiger partial charge is 0.375 e. The summed E-state index contributed by atoms with van der Waals surface area (Å²) in [6.45, 7) is 3.20. The maximum atomic E-state index is 5.64. The summed E-state index contributed by atoms with van der Waals surface area (Å²) in [6.07, 6.45) is 2.26. The fraction of sp³-hybridized carbons (Fsp3) is 0.500. The van der Waals surface area contributed by atoms with Gasteiger partial charge in [0.2, 0.25) is 0 Å². The number of hydrogen-bond donors (Lipinski definition) is 0. The van der Waals surface area contributed by atoms with E-state index in [9.17, 15) is 0 Å². The minimum Gasteiger partial charge on any atom is -0.375 e. The van der Waals surface area contributed by atoms with E-state index in [-0.39, 0.29) is 0 Å². The lowest BCUT2D eigenvalue weighted by Crippen LogP contribution is -2.18. The predicted molar refractivity (Wildman–Crippen MR) is 64.4 cm³/mol. The van der Waals surface area contributed by atoms with Crippen molar-refractivity contribution in [1.29, 1.82) is 0 Å². The van der Waals surface area contributed by atoms with Crippen molar-refractivity contribution in [3.8, 4) is 0 Å². The molecule has 78 valence electrons. The van der Waals surface area contributed by atoms with Crippen molar-refractivity contribution in [3.05, 3.63) is 29.8 Å². The van der Waals surface area contributed by atoms with Crippen LogP contribution in [0.2, 0.25) is 0 Å². The first kappa shape index (κ1) is 11.4. The Morgan fingerprint density at radius 2 is 2.07 bits per heavy atom. The van der Waals surface area contributed by atoms with Gasteiger partial charge < -0.3 is 4.90 Å². The lowest BCUT2D eigenvalue weighted by Gasteiger charge is -2.19. The third kappa shape index (κ3) is 3.59. The van der Waals surface area contributed by atoms with Gasteiger partial charge in [0.15, 0.2) is 0 Å². The van der Waals surface area contributed by atoms with Crippen LogP contribution < -0.4 is 4.90 Å². The van der Waals surface area contributed by atoms with Gasteiger partial charge in [-0.3, -0.25) is 0 Å². The number of anilines is 1. The van der Waals surface area contributed by atoms with E-state index in [0.717, 1.165) is 25.3 Å². The fourth-order valence-electron chi connectivity index (χ4n) is 1.44. The Bertz CT molecular complexity index is 273. The average Bonchev–Trinajstić information content (AvgIpc) is 2.18. The molecule has 0 saturated heterocycles. The first-order valence-electron chi connectivity index (χ1n) is 5.08. The molecular formula is C12H18ClN. The van der Waals surface area contributed by atoms with Gasteiger partial charge >= 0.3 is 0 Å². The van der Waals surface area contributed by atoms with E-state index in [0.29, 0.717) is 0 Å². The predicted octanol–water partition coefficient (Wildman–Crippen LogP) is 3.45. The average molecular weight is 212 g/mol. The van der Waals surface area contributed by atoms with Crippen LogP contribution in [-0.4, -0.2) is 19.5 Å². The molecule has 2 heteroatoms. The second-order valence-electron chi connectivity index (χ2n) is 3.66. The van der Waals surface area contributed by atoms with Crippen molar-refractivity contribution in [2.24, 2.45) is 0 Å². The first-order chi connectivity index (χ1) is 6.74. The lowest BCUT2D eigenvalue weighted by atomic mass is 10.2. The van der Waals surface area contributed by atoms with Crippen molar-refractivity contribution in [2.75, 3.05) is 24.4 Å². The molecule has 0 unspecified atom stereocenters. The highest BCUT2D eigenvalue weighted by Gasteiger charge is 1.99. The van der Waals surface area contributed by atoms with E-state index < -0.39 is 0 Å². The van der Waals surface area contributed by atoms with Gasteiger partial charge in [0.1, 0.15) is 0 Å². The topological polar surface area (TPSA) is 3.24 Å². The number of halogens is 1. The number of rotatable bonds is 5. The van der Waals surface area contributed by atoms with E-state index in [4.69, 9.17) is 11.6 Å². The Labute approximate surface area is 91.7 Å². The summed E-state index contributed by atoms with van der Waals surface area (Å²) in [6, 6.07) is 8.58. The zero-order chi connectivity index (χ0) is 10.4. The van der Waals surface area contributed by atoms with Crippen LogP contribution in [0.25, 0.3) is 0 Å². The van der Waals surface area contributed by atoms with Gasteiger partial charge in [0.25, 0.3) is 0 Å². The highest BCUT2D eigenvalue weighted by Crippen LogP contribution is 2.14. The first-order valence-corrected chi connectivity index (χ1v) is 5.61. The van der Waals surface area contributed by atoms with Gasteiger partial charge in [-0.05, 0) is 37.5 Å².